The molecule has 1 aromatic rings. The van der Waals surface area contributed by atoms with Crippen molar-refractivity contribution in [1.29, 1.82) is 0 Å². The molecule has 0 radical (unpaired) electrons. The molecule has 7 heteroatoms. The molecular formula is C17H25N3O3S. The predicted molar refractivity (Wildman–Crippen MR) is 99.2 cm³/mol. The predicted octanol–water partition coefficient (Wildman–Crippen LogP) is 2.24. The summed E-state index contributed by atoms with van der Waals surface area (Å²) >= 11 is 5.19. The second-order valence-electron chi connectivity index (χ2n) is 5.76. The lowest BCUT2D eigenvalue weighted by Crippen LogP contribution is -2.40. The van der Waals surface area contributed by atoms with Crippen molar-refractivity contribution in [2.45, 2.75) is 39.3 Å². The second-order valence-corrected chi connectivity index (χ2v) is 6.17. The molecular weight excluding hydrogens is 326 g/mol. The molecule has 0 saturated carbocycles. The number of fused-ring (bicyclic) bond motifs is 1. The molecule has 0 aliphatic carbocycles. The molecule has 2 rings (SSSR count). The van der Waals surface area contributed by atoms with Crippen LogP contribution in [0.1, 0.15) is 31.9 Å². The zero-order chi connectivity index (χ0) is 17.5. The van der Waals surface area contributed by atoms with Gasteiger partial charge in [-0.2, -0.15) is 5.10 Å². The van der Waals surface area contributed by atoms with Crippen LogP contribution in [0.15, 0.2) is 17.2 Å². The lowest BCUT2D eigenvalue weighted by molar-refractivity contribution is 0.179. The molecule has 1 heterocycles. The number of nitrogens with zero attached hydrogens (tertiary/aromatic N) is 1. The van der Waals surface area contributed by atoms with Gasteiger partial charge in [-0.3, -0.25) is 5.43 Å². The molecule has 132 valence electrons. The van der Waals surface area contributed by atoms with Crippen molar-refractivity contribution in [3.63, 3.8) is 0 Å². The van der Waals surface area contributed by atoms with Gasteiger partial charge in [0, 0.05) is 30.7 Å². The van der Waals surface area contributed by atoms with E-state index in [2.05, 4.69) is 22.8 Å². The van der Waals surface area contributed by atoms with Crippen molar-refractivity contribution in [1.82, 2.24) is 10.7 Å². The summed E-state index contributed by atoms with van der Waals surface area (Å²) in [5, 5.41) is 7.71. The highest BCUT2D eigenvalue weighted by Gasteiger charge is 2.21. The van der Waals surface area contributed by atoms with E-state index < -0.39 is 0 Å². The van der Waals surface area contributed by atoms with Crippen LogP contribution in [-0.2, 0) is 11.2 Å². The van der Waals surface area contributed by atoms with Gasteiger partial charge in [-0.15, -0.1) is 0 Å². The molecule has 2 N–H and O–H groups in total. The van der Waals surface area contributed by atoms with Crippen LogP contribution in [0.2, 0.25) is 0 Å². The Morgan fingerprint density at radius 2 is 2.33 bits per heavy atom. The molecule has 1 aromatic carbocycles. The van der Waals surface area contributed by atoms with Gasteiger partial charge in [0.15, 0.2) is 5.11 Å². The van der Waals surface area contributed by atoms with Crippen molar-refractivity contribution >= 4 is 23.5 Å². The van der Waals surface area contributed by atoms with Gasteiger partial charge < -0.3 is 19.5 Å². The number of benzene rings is 1. The minimum absolute atomic E-state index is 0.110. The molecule has 1 aliphatic rings. The van der Waals surface area contributed by atoms with Gasteiger partial charge in [-0.25, -0.2) is 0 Å². The van der Waals surface area contributed by atoms with Crippen LogP contribution < -0.4 is 20.2 Å². The van der Waals surface area contributed by atoms with Gasteiger partial charge in [0.1, 0.15) is 17.6 Å². The summed E-state index contributed by atoms with van der Waals surface area (Å²) in [5.41, 5.74) is 4.82. The first kappa shape index (κ1) is 18.5. The summed E-state index contributed by atoms with van der Waals surface area (Å²) in [5.74, 6) is 1.69. The molecule has 0 amide bonds. The first-order chi connectivity index (χ1) is 11.5. The third kappa shape index (κ3) is 5.07. The van der Waals surface area contributed by atoms with E-state index in [0.29, 0.717) is 18.3 Å². The van der Waals surface area contributed by atoms with E-state index in [4.69, 9.17) is 26.4 Å². The van der Waals surface area contributed by atoms with E-state index in [9.17, 15) is 0 Å². The summed E-state index contributed by atoms with van der Waals surface area (Å²) in [6.07, 6.45) is 2.78. The van der Waals surface area contributed by atoms with E-state index >= 15 is 0 Å². The number of ether oxygens (including phenoxy) is 3. The maximum Gasteiger partial charge on any atom is 0.187 e. The Morgan fingerprint density at radius 3 is 3.04 bits per heavy atom. The second kappa shape index (κ2) is 8.84. The minimum Gasteiger partial charge on any atom is -0.493 e. The topological polar surface area (TPSA) is 64.1 Å². The quantitative estimate of drug-likeness (QED) is 0.446. The summed E-state index contributed by atoms with van der Waals surface area (Å²) in [4.78, 5) is 0. The van der Waals surface area contributed by atoms with Gasteiger partial charge in [0.25, 0.3) is 0 Å². The summed E-state index contributed by atoms with van der Waals surface area (Å²) in [7, 11) is 1.65. The molecule has 24 heavy (non-hydrogen) atoms. The fraction of sp³-hybridized carbons (Fsp3) is 0.529. The van der Waals surface area contributed by atoms with E-state index in [0.717, 1.165) is 23.5 Å². The molecule has 2 atom stereocenters. The van der Waals surface area contributed by atoms with Crippen molar-refractivity contribution in [3.05, 3.63) is 23.3 Å². The van der Waals surface area contributed by atoms with Gasteiger partial charge in [0.2, 0.25) is 0 Å². The average Bonchev–Trinajstić information content (AvgIpc) is 2.86. The molecule has 0 unspecified atom stereocenters. The van der Waals surface area contributed by atoms with Crippen molar-refractivity contribution in [2.75, 3.05) is 20.3 Å². The van der Waals surface area contributed by atoms with E-state index in [1.54, 1.807) is 13.3 Å². The van der Waals surface area contributed by atoms with Crippen LogP contribution >= 0.6 is 12.2 Å². The summed E-state index contributed by atoms with van der Waals surface area (Å²) in [6, 6.07) is 4.10. The zero-order valence-corrected chi connectivity index (χ0v) is 15.4. The van der Waals surface area contributed by atoms with E-state index in [1.807, 2.05) is 26.0 Å². The standard InChI is InChI=1S/C17H25N3O3S/c1-5-22-15-7-13-6-12(3)23-16(13)8-14(15)9-18-20-17(24)19-11(2)10-21-4/h7-9,11-12H,5-6,10H2,1-4H3,(H2,19,20,24)/b18-9-/t11-,12-/m0/s1. The number of nitrogens with one attached hydrogen (secondary N) is 2. The van der Waals surface area contributed by atoms with Crippen LogP contribution in [0, 0.1) is 0 Å². The van der Waals surface area contributed by atoms with Crippen molar-refractivity contribution in [3.8, 4) is 11.5 Å². The highest BCUT2D eigenvalue weighted by atomic mass is 32.1. The first-order valence-corrected chi connectivity index (χ1v) is 8.49. The fourth-order valence-corrected chi connectivity index (χ4v) is 2.80. The average molecular weight is 351 g/mol. The Hall–Kier alpha value is -1.86. The normalized spacial score (nSPS) is 17.2. The third-order valence-electron chi connectivity index (χ3n) is 3.49. The SMILES string of the molecule is CCOc1cc2c(cc1/C=N\NC(=S)N[C@@H](C)COC)O[C@@H](C)C2. The smallest absolute Gasteiger partial charge is 0.187 e. The summed E-state index contributed by atoms with van der Waals surface area (Å²) in [6.45, 7) is 7.16. The highest BCUT2D eigenvalue weighted by Crippen LogP contribution is 2.34. The lowest BCUT2D eigenvalue weighted by Gasteiger charge is -2.14. The van der Waals surface area contributed by atoms with Gasteiger partial charge >= 0.3 is 0 Å². The maximum absolute atomic E-state index is 5.80. The molecule has 0 spiro atoms. The lowest BCUT2D eigenvalue weighted by atomic mass is 10.1. The number of hydrogen-bond acceptors (Lipinski definition) is 5. The van der Waals surface area contributed by atoms with Crippen LogP contribution in [0.5, 0.6) is 11.5 Å². The third-order valence-corrected chi connectivity index (χ3v) is 3.70. The van der Waals surface area contributed by atoms with E-state index in [1.165, 1.54) is 5.56 Å². The van der Waals surface area contributed by atoms with Crippen LogP contribution in [-0.4, -0.2) is 43.8 Å². The number of hydrazone groups is 1. The minimum atomic E-state index is 0.110. The van der Waals surface area contributed by atoms with Crippen LogP contribution in [0.25, 0.3) is 0 Å². The van der Waals surface area contributed by atoms with Gasteiger partial charge in [0.05, 0.1) is 19.4 Å². The molecule has 0 bridgehead atoms. The molecule has 1 aliphatic heterocycles. The number of hydrogen-bond donors (Lipinski definition) is 2. The zero-order valence-electron chi connectivity index (χ0n) is 14.6. The number of thiocarbonyl (C=S) groups is 1. The maximum atomic E-state index is 5.80. The monoisotopic (exact) mass is 351 g/mol. The van der Waals surface area contributed by atoms with Gasteiger partial charge in [-0.05, 0) is 45.1 Å². The van der Waals surface area contributed by atoms with Crippen LogP contribution in [0.3, 0.4) is 0 Å². The molecule has 6 nitrogen and oxygen atoms in total. The molecule has 0 aromatic heterocycles. The van der Waals surface area contributed by atoms with Crippen LogP contribution in [0.4, 0.5) is 0 Å². The highest BCUT2D eigenvalue weighted by molar-refractivity contribution is 7.80. The largest absolute Gasteiger partial charge is 0.493 e. The Bertz CT molecular complexity index is 607. The molecule has 0 fully saturated rings. The van der Waals surface area contributed by atoms with Gasteiger partial charge in [-0.1, -0.05) is 0 Å². The Kier molecular flexibility index (Phi) is 6.81. The van der Waals surface area contributed by atoms with Crippen molar-refractivity contribution < 1.29 is 14.2 Å². The number of methoxy groups -OCH3 is 1. The van der Waals surface area contributed by atoms with Crippen molar-refractivity contribution in [2.24, 2.45) is 5.10 Å². The van der Waals surface area contributed by atoms with E-state index in [-0.39, 0.29) is 12.1 Å². The Labute approximate surface area is 148 Å². The molecule has 0 saturated heterocycles. The Morgan fingerprint density at radius 1 is 1.54 bits per heavy atom. The fourth-order valence-electron chi connectivity index (χ4n) is 2.54. The Balaban J connectivity index is 2.03. The summed E-state index contributed by atoms with van der Waals surface area (Å²) < 4.78 is 16.6. The number of rotatable bonds is 7. The first-order valence-electron chi connectivity index (χ1n) is 8.08.